The quantitative estimate of drug-likeness (QED) is 0.808. The fourth-order valence-corrected chi connectivity index (χ4v) is 5.51. The molecule has 144 valence electrons. The molecule has 0 aliphatic carbocycles. The Morgan fingerprint density at radius 1 is 1.15 bits per heavy atom. The van der Waals surface area contributed by atoms with E-state index in [2.05, 4.69) is 10.6 Å². The predicted molar refractivity (Wildman–Crippen MR) is 98.2 cm³/mol. The van der Waals surface area contributed by atoms with E-state index in [0.29, 0.717) is 30.0 Å². The Kier molecular flexibility index (Phi) is 5.29. The molecule has 2 saturated heterocycles. The number of nitrogens with one attached hydrogen (secondary N) is 2. The molecule has 0 saturated carbocycles. The molecule has 2 amide bonds. The van der Waals surface area contributed by atoms with Crippen molar-refractivity contribution in [2.45, 2.75) is 43.8 Å². The summed E-state index contributed by atoms with van der Waals surface area (Å²) in [5, 5.41) is 5.75. The topological polar surface area (TPSA) is 97.0 Å². The second-order valence-electron chi connectivity index (χ2n) is 6.81. The SMILES string of the molecule is COc1ccc(NC(=O)NC2CC3CCC(C2)N3S(C)(=O)=O)c(OC)c1. The molecular weight excluding hydrogens is 358 g/mol. The summed E-state index contributed by atoms with van der Waals surface area (Å²) in [5.41, 5.74) is 0.544. The van der Waals surface area contributed by atoms with Crippen molar-refractivity contribution in [2.24, 2.45) is 0 Å². The van der Waals surface area contributed by atoms with Crippen LogP contribution in [0.2, 0.25) is 0 Å². The molecule has 0 spiro atoms. The zero-order valence-corrected chi connectivity index (χ0v) is 16.0. The number of piperidine rings is 1. The highest BCUT2D eigenvalue weighted by Crippen LogP contribution is 2.37. The Bertz CT molecular complexity index is 769. The van der Waals surface area contributed by atoms with E-state index in [0.717, 1.165) is 12.8 Å². The summed E-state index contributed by atoms with van der Waals surface area (Å²) < 4.78 is 35.9. The Labute approximate surface area is 153 Å². The van der Waals surface area contributed by atoms with Crippen LogP contribution in [-0.4, -0.2) is 57.4 Å². The molecule has 2 aliphatic rings. The maximum absolute atomic E-state index is 12.4. The number of anilines is 1. The summed E-state index contributed by atoms with van der Waals surface area (Å²) in [7, 11) is -0.116. The first kappa shape index (κ1) is 18.8. The van der Waals surface area contributed by atoms with Gasteiger partial charge in [-0.1, -0.05) is 0 Å². The lowest BCUT2D eigenvalue weighted by Crippen LogP contribution is -2.52. The first-order chi connectivity index (χ1) is 12.3. The van der Waals surface area contributed by atoms with Gasteiger partial charge in [-0.2, -0.15) is 4.31 Å². The van der Waals surface area contributed by atoms with Crippen molar-refractivity contribution in [1.82, 2.24) is 9.62 Å². The van der Waals surface area contributed by atoms with Crippen molar-refractivity contribution in [2.75, 3.05) is 25.8 Å². The van der Waals surface area contributed by atoms with Gasteiger partial charge >= 0.3 is 6.03 Å². The molecule has 2 heterocycles. The minimum Gasteiger partial charge on any atom is -0.497 e. The molecule has 9 heteroatoms. The van der Waals surface area contributed by atoms with Crippen molar-refractivity contribution in [3.63, 3.8) is 0 Å². The van der Waals surface area contributed by atoms with Gasteiger partial charge in [0.2, 0.25) is 10.0 Å². The average Bonchev–Trinajstić information content (AvgIpc) is 2.87. The van der Waals surface area contributed by atoms with Crippen molar-refractivity contribution >= 4 is 21.7 Å². The van der Waals surface area contributed by atoms with Crippen molar-refractivity contribution < 1.29 is 22.7 Å². The van der Waals surface area contributed by atoms with Crippen LogP contribution in [0, 0.1) is 0 Å². The van der Waals surface area contributed by atoms with Gasteiger partial charge in [0, 0.05) is 24.2 Å². The van der Waals surface area contributed by atoms with Crippen molar-refractivity contribution in [3.05, 3.63) is 18.2 Å². The lowest BCUT2D eigenvalue weighted by atomic mass is 10.00. The minimum atomic E-state index is -3.20. The summed E-state index contributed by atoms with van der Waals surface area (Å²) in [5.74, 6) is 1.14. The molecule has 8 nitrogen and oxygen atoms in total. The van der Waals surface area contributed by atoms with E-state index in [1.807, 2.05) is 0 Å². The number of hydrogen-bond donors (Lipinski definition) is 2. The number of hydrogen-bond acceptors (Lipinski definition) is 5. The fraction of sp³-hybridized carbons (Fsp3) is 0.588. The molecule has 26 heavy (non-hydrogen) atoms. The van der Waals surface area contributed by atoms with Crippen LogP contribution in [0.3, 0.4) is 0 Å². The van der Waals surface area contributed by atoms with E-state index in [-0.39, 0.29) is 24.2 Å². The smallest absolute Gasteiger partial charge is 0.319 e. The number of sulfonamides is 1. The van der Waals surface area contributed by atoms with Crippen LogP contribution in [0.5, 0.6) is 11.5 Å². The van der Waals surface area contributed by atoms with Crippen LogP contribution in [-0.2, 0) is 10.0 Å². The van der Waals surface area contributed by atoms with Gasteiger partial charge in [0.25, 0.3) is 0 Å². The third-order valence-electron chi connectivity index (χ3n) is 5.04. The van der Waals surface area contributed by atoms with Gasteiger partial charge in [0.05, 0.1) is 26.2 Å². The van der Waals surface area contributed by atoms with E-state index < -0.39 is 10.0 Å². The number of amides is 2. The van der Waals surface area contributed by atoms with E-state index in [4.69, 9.17) is 9.47 Å². The largest absolute Gasteiger partial charge is 0.497 e. The van der Waals surface area contributed by atoms with Gasteiger partial charge in [-0.05, 0) is 37.8 Å². The Hall–Kier alpha value is -2.00. The molecule has 2 bridgehead atoms. The molecule has 2 unspecified atom stereocenters. The summed E-state index contributed by atoms with van der Waals surface area (Å²) >= 11 is 0. The van der Waals surface area contributed by atoms with E-state index in [1.165, 1.54) is 13.4 Å². The van der Waals surface area contributed by atoms with Gasteiger partial charge in [0.15, 0.2) is 0 Å². The molecule has 1 aromatic carbocycles. The molecular formula is C17H25N3O5S. The molecule has 0 radical (unpaired) electrons. The lowest BCUT2D eigenvalue weighted by Gasteiger charge is -2.37. The number of carbonyl (C=O) groups excluding carboxylic acids is 1. The highest BCUT2D eigenvalue weighted by Gasteiger charge is 2.45. The van der Waals surface area contributed by atoms with Gasteiger partial charge in [-0.15, -0.1) is 0 Å². The van der Waals surface area contributed by atoms with E-state index >= 15 is 0 Å². The third kappa shape index (κ3) is 3.88. The molecule has 0 aromatic heterocycles. The first-order valence-electron chi connectivity index (χ1n) is 8.60. The minimum absolute atomic E-state index is 0.0235. The number of benzene rings is 1. The summed E-state index contributed by atoms with van der Waals surface area (Å²) in [6, 6.07) is 4.73. The predicted octanol–water partition coefficient (Wildman–Crippen LogP) is 1.78. The fourth-order valence-electron chi connectivity index (χ4n) is 4.04. The monoisotopic (exact) mass is 383 g/mol. The Balaban J connectivity index is 1.62. The van der Waals surface area contributed by atoms with Gasteiger partial charge < -0.3 is 20.1 Å². The summed E-state index contributed by atoms with van der Waals surface area (Å²) in [6.45, 7) is 0. The molecule has 3 rings (SSSR count). The maximum atomic E-state index is 12.4. The Morgan fingerprint density at radius 3 is 2.35 bits per heavy atom. The second-order valence-corrected chi connectivity index (χ2v) is 8.70. The van der Waals surface area contributed by atoms with Crippen LogP contribution < -0.4 is 20.1 Å². The number of rotatable bonds is 5. The number of urea groups is 1. The van der Waals surface area contributed by atoms with Crippen LogP contribution in [0.25, 0.3) is 0 Å². The molecule has 2 N–H and O–H groups in total. The van der Waals surface area contributed by atoms with E-state index in [9.17, 15) is 13.2 Å². The highest BCUT2D eigenvalue weighted by atomic mass is 32.2. The van der Waals surface area contributed by atoms with Crippen molar-refractivity contribution in [3.8, 4) is 11.5 Å². The second kappa shape index (κ2) is 7.32. The number of nitrogens with zero attached hydrogens (tertiary/aromatic N) is 1. The van der Waals surface area contributed by atoms with Crippen molar-refractivity contribution in [1.29, 1.82) is 0 Å². The third-order valence-corrected chi connectivity index (χ3v) is 6.40. The molecule has 2 atom stereocenters. The van der Waals surface area contributed by atoms with Crippen LogP contribution in [0.15, 0.2) is 18.2 Å². The standard InChI is InChI=1S/C17H25N3O5S/c1-24-14-6-7-15(16(10-14)25-2)19-17(21)18-11-8-12-4-5-13(9-11)20(12)26(3,22)23/h6-7,10-13H,4-5,8-9H2,1-3H3,(H2,18,19,21). The molecule has 1 aromatic rings. The zero-order chi connectivity index (χ0) is 18.9. The number of methoxy groups -OCH3 is 2. The van der Waals surface area contributed by atoms with Gasteiger partial charge in [-0.25, -0.2) is 13.2 Å². The lowest BCUT2D eigenvalue weighted by molar-refractivity contribution is 0.204. The van der Waals surface area contributed by atoms with E-state index in [1.54, 1.807) is 29.6 Å². The number of ether oxygens (including phenoxy) is 2. The van der Waals surface area contributed by atoms with Crippen LogP contribution >= 0.6 is 0 Å². The molecule has 2 fully saturated rings. The zero-order valence-electron chi connectivity index (χ0n) is 15.2. The average molecular weight is 383 g/mol. The highest BCUT2D eigenvalue weighted by molar-refractivity contribution is 7.88. The summed E-state index contributed by atoms with van der Waals surface area (Å²) in [6.07, 6.45) is 4.23. The summed E-state index contributed by atoms with van der Waals surface area (Å²) in [4.78, 5) is 12.4. The van der Waals surface area contributed by atoms with Crippen LogP contribution in [0.4, 0.5) is 10.5 Å². The maximum Gasteiger partial charge on any atom is 0.319 e. The van der Waals surface area contributed by atoms with Crippen LogP contribution in [0.1, 0.15) is 25.7 Å². The Morgan fingerprint density at radius 2 is 1.81 bits per heavy atom. The normalized spacial score (nSPS) is 25.6. The number of fused-ring (bicyclic) bond motifs is 2. The van der Waals surface area contributed by atoms with Gasteiger partial charge in [0.1, 0.15) is 11.5 Å². The number of carbonyl (C=O) groups is 1. The first-order valence-corrected chi connectivity index (χ1v) is 10.4. The van der Waals surface area contributed by atoms with Gasteiger partial charge in [-0.3, -0.25) is 0 Å². The molecule has 2 aliphatic heterocycles.